The second-order valence-corrected chi connectivity index (χ2v) is 7.65. The molecule has 3 aromatic rings. The van der Waals surface area contributed by atoms with Crippen molar-refractivity contribution in [1.29, 1.82) is 0 Å². The molecule has 0 aliphatic heterocycles. The maximum atomic E-state index is 13.7. The van der Waals surface area contributed by atoms with E-state index in [4.69, 9.17) is 4.74 Å². The molecule has 0 saturated carbocycles. The summed E-state index contributed by atoms with van der Waals surface area (Å²) in [5.41, 5.74) is 6.35. The number of fused-ring (bicyclic) bond motifs is 4. The lowest BCUT2D eigenvalue weighted by molar-refractivity contribution is -0.116. The Hall–Kier alpha value is -3.72. The number of esters is 1. The second kappa shape index (κ2) is 6.67. The highest BCUT2D eigenvalue weighted by Crippen LogP contribution is 2.57. The Morgan fingerprint density at radius 1 is 0.867 bits per heavy atom. The summed E-state index contributed by atoms with van der Waals surface area (Å²) in [6.07, 6.45) is 3.57. The molecule has 30 heavy (non-hydrogen) atoms. The van der Waals surface area contributed by atoms with Crippen molar-refractivity contribution < 1.29 is 14.3 Å². The second-order valence-electron chi connectivity index (χ2n) is 7.65. The van der Waals surface area contributed by atoms with Crippen LogP contribution in [0.1, 0.15) is 45.1 Å². The summed E-state index contributed by atoms with van der Waals surface area (Å²) in [5, 5.41) is 0. The number of carbonyl (C=O) groups is 2. The highest BCUT2D eigenvalue weighted by Gasteiger charge is 2.52. The molecule has 0 saturated heterocycles. The number of ketones is 1. The molecule has 3 heteroatoms. The van der Waals surface area contributed by atoms with Gasteiger partial charge in [0, 0.05) is 0 Å². The molecule has 146 valence electrons. The quantitative estimate of drug-likeness (QED) is 0.556. The highest BCUT2D eigenvalue weighted by molar-refractivity contribution is 6.23. The molecule has 5 rings (SSSR count). The molecule has 3 aromatic carbocycles. The molecule has 0 aromatic heterocycles. The van der Waals surface area contributed by atoms with Gasteiger partial charge in [0.1, 0.15) is 5.41 Å². The number of hydrogen-bond donors (Lipinski definition) is 0. The fourth-order valence-electron chi connectivity index (χ4n) is 4.96. The fourth-order valence-corrected chi connectivity index (χ4v) is 4.96. The molecule has 1 unspecified atom stereocenters. The molecular formula is C27H20O3. The van der Waals surface area contributed by atoms with Crippen LogP contribution in [0.5, 0.6) is 0 Å². The smallest absolute Gasteiger partial charge is 0.337 e. The van der Waals surface area contributed by atoms with Crippen molar-refractivity contribution in [3.8, 4) is 0 Å². The van der Waals surface area contributed by atoms with Crippen molar-refractivity contribution in [2.24, 2.45) is 0 Å². The Kier molecular flexibility index (Phi) is 4.07. The summed E-state index contributed by atoms with van der Waals surface area (Å²) in [6, 6.07) is 23.6. The standard InChI is InChI=1S/C27H20O3/c1-17-21-16-20(26(29)30-2)12-14-23(21)27(25(17)19-9-4-3-5-10-19)22-11-7-6-8-18(22)13-15-24(27)28/h3-16H,1-2H3. The van der Waals surface area contributed by atoms with E-state index in [1.165, 1.54) is 7.11 Å². The molecule has 2 aliphatic carbocycles. The van der Waals surface area contributed by atoms with Crippen molar-refractivity contribution >= 4 is 29.0 Å². The summed E-state index contributed by atoms with van der Waals surface area (Å²) < 4.78 is 4.92. The van der Waals surface area contributed by atoms with Crippen LogP contribution in [0.15, 0.2) is 78.9 Å². The highest BCUT2D eigenvalue weighted by atomic mass is 16.5. The Morgan fingerprint density at radius 2 is 1.60 bits per heavy atom. The molecule has 0 amide bonds. The molecule has 1 atom stereocenters. The van der Waals surface area contributed by atoms with Gasteiger partial charge in [-0.2, -0.15) is 0 Å². The predicted molar refractivity (Wildman–Crippen MR) is 118 cm³/mol. The average Bonchev–Trinajstić information content (AvgIpc) is 3.05. The van der Waals surface area contributed by atoms with Crippen LogP contribution in [0.25, 0.3) is 17.2 Å². The minimum Gasteiger partial charge on any atom is -0.465 e. The molecule has 0 bridgehead atoms. The Bertz CT molecular complexity index is 1260. The molecule has 0 fully saturated rings. The third-order valence-electron chi connectivity index (χ3n) is 6.21. The lowest BCUT2D eigenvalue weighted by Crippen LogP contribution is -2.38. The zero-order chi connectivity index (χ0) is 20.9. The van der Waals surface area contributed by atoms with Crippen molar-refractivity contribution in [3.05, 3.63) is 112 Å². The monoisotopic (exact) mass is 392 g/mol. The Labute approximate surface area is 175 Å². The topological polar surface area (TPSA) is 43.4 Å². The van der Waals surface area contributed by atoms with Crippen LogP contribution in [-0.2, 0) is 14.9 Å². The van der Waals surface area contributed by atoms with Crippen LogP contribution in [0.3, 0.4) is 0 Å². The van der Waals surface area contributed by atoms with Crippen molar-refractivity contribution in [1.82, 2.24) is 0 Å². The van der Waals surface area contributed by atoms with E-state index in [-0.39, 0.29) is 11.8 Å². The summed E-state index contributed by atoms with van der Waals surface area (Å²) in [4.78, 5) is 25.9. The van der Waals surface area contributed by atoms with Gasteiger partial charge in [0.05, 0.1) is 12.7 Å². The van der Waals surface area contributed by atoms with E-state index in [0.717, 1.165) is 39.0 Å². The van der Waals surface area contributed by atoms with E-state index in [1.807, 2.05) is 79.7 Å². The summed E-state index contributed by atoms with van der Waals surface area (Å²) in [7, 11) is 1.38. The van der Waals surface area contributed by atoms with Gasteiger partial charge in [-0.05, 0) is 64.1 Å². The van der Waals surface area contributed by atoms with E-state index in [2.05, 4.69) is 0 Å². The zero-order valence-corrected chi connectivity index (χ0v) is 16.8. The van der Waals surface area contributed by atoms with Crippen LogP contribution < -0.4 is 0 Å². The van der Waals surface area contributed by atoms with Gasteiger partial charge in [0.2, 0.25) is 0 Å². The summed E-state index contributed by atoms with van der Waals surface area (Å²) >= 11 is 0. The first-order chi connectivity index (χ1) is 14.6. The number of carbonyl (C=O) groups excluding carboxylic acids is 2. The Morgan fingerprint density at radius 3 is 2.37 bits per heavy atom. The minimum absolute atomic E-state index is 0.0315. The number of allylic oxidation sites excluding steroid dienone is 3. The van der Waals surface area contributed by atoms with Gasteiger partial charge in [-0.3, -0.25) is 4.79 Å². The molecule has 2 aliphatic rings. The normalized spacial score (nSPS) is 19.1. The van der Waals surface area contributed by atoms with Crippen molar-refractivity contribution in [3.63, 3.8) is 0 Å². The van der Waals surface area contributed by atoms with E-state index >= 15 is 0 Å². The van der Waals surface area contributed by atoms with Crippen LogP contribution in [-0.4, -0.2) is 18.9 Å². The molecule has 0 N–H and O–H groups in total. The van der Waals surface area contributed by atoms with Crippen molar-refractivity contribution in [2.75, 3.05) is 7.11 Å². The summed E-state index contributed by atoms with van der Waals surface area (Å²) in [5.74, 6) is -0.355. The molecule has 3 nitrogen and oxygen atoms in total. The number of rotatable bonds is 2. The third kappa shape index (κ3) is 2.32. The van der Waals surface area contributed by atoms with Gasteiger partial charge in [0.15, 0.2) is 5.78 Å². The maximum Gasteiger partial charge on any atom is 0.337 e. The SMILES string of the molecule is COC(=O)c1ccc2c(c1)C(C)=C(c1ccccc1)C21C(=O)C=Cc2ccccc21. The molecule has 1 spiro atoms. The van der Waals surface area contributed by atoms with Gasteiger partial charge < -0.3 is 4.74 Å². The van der Waals surface area contributed by atoms with E-state index in [0.29, 0.717) is 5.56 Å². The van der Waals surface area contributed by atoms with Crippen LogP contribution >= 0.6 is 0 Å². The van der Waals surface area contributed by atoms with Crippen LogP contribution in [0, 0.1) is 0 Å². The van der Waals surface area contributed by atoms with Gasteiger partial charge >= 0.3 is 5.97 Å². The lowest BCUT2D eigenvalue weighted by Gasteiger charge is -2.36. The average molecular weight is 392 g/mol. The first kappa shape index (κ1) is 18.3. The predicted octanol–water partition coefficient (Wildman–Crippen LogP) is 5.30. The molecule has 0 radical (unpaired) electrons. The van der Waals surface area contributed by atoms with Gasteiger partial charge in [-0.25, -0.2) is 4.79 Å². The van der Waals surface area contributed by atoms with E-state index < -0.39 is 5.41 Å². The first-order valence-electron chi connectivity index (χ1n) is 9.91. The van der Waals surface area contributed by atoms with Gasteiger partial charge in [0.25, 0.3) is 0 Å². The number of benzene rings is 3. The molecule has 0 heterocycles. The largest absolute Gasteiger partial charge is 0.465 e. The van der Waals surface area contributed by atoms with Gasteiger partial charge in [-0.1, -0.05) is 66.7 Å². The number of hydrogen-bond acceptors (Lipinski definition) is 3. The first-order valence-corrected chi connectivity index (χ1v) is 9.91. The lowest BCUT2D eigenvalue weighted by atomic mass is 9.63. The maximum absolute atomic E-state index is 13.7. The summed E-state index contributed by atoms with van der Waals surface area (Å²) in [6.45, 7) is 2.03. The van der Waals surface area contributed by atoms with Crippen LogP contribution in [0.2, 0.25) is 0 Å². The zero-order valence-electron chi connectivity index (χ0n) is 16.8. The fraction of sp³-hybridized carbons (Fsp3) is 0.111. The molecular weight excluding hydrogens is 372 g/mol. The number of ether oxygens (including phenoxy) is 1. The third-order valence-corrected chi connectivity index (χ3v) is 6.21. The van der Waals surface area contributed by atoms with Gasteiger partial charge in [-0.15, -0.1) is 0 Å². The number of methoxy groups -OCH3 is 1. The van der Waals surface area contributed by atoms with Crippen LogP contribution in [0.4, 0.5) is 0 Å². The van der Waals surface area contributed by atoms with E-state index in [9.17, 15) is 9.59 Å². The van der Waals surface area contributed by atoms with E-state index in [1.54, 1.807) is 12.1 Å². The Balaban J connectivity index is 1.90. The van der Waals surface area contributed by atoms with Crippen molar-refractivity contribution in [2.45, 2.75) is 12.3 Å². The minimum atomic E-state index is -0.930.